The van der Waals surface area contributed by atoms with E-state index in [0.29, 0.717) is 6.16 Å². The van der Waals surface area contributed by atoms with E-state index in [4.69, 9.17) is 0 Å². The van der Waals surface area contributed by atoms with Crippen LogP contribution in [0, 0.1) is 16.7 Å². The second-order valence-corrected chi connectivity index (χ2v) is 11.5. The van der Waals surface area contributed by atoms with E-state index in [1.165, 1.54) is 6.42 Å². The van der Waals surface area contributed by atoms with Gasteiger partial charge in [0.1, 0.15) is 0 Å². The van der Waals surface area contributed by atoms with Gasteiger partial charge in [0.15, 0.2) is 0 Å². The maximum atomic E-state index is 13.0. The lowest BCUT2D eigenvalue weighted by Crippen LogP contribution is -2.37. The fourth-order valence-corrected chi connectivity index (χ4v) is 7.36. The molecule has 0 bridgehead atoms. The van der Waals surface area contributed by atoms with Crippen molar-refractivity contribution in [2.75, 3.05) is 6.16 Å². The Labute approximate surface area is 133 Å². The molecule has 0 saturated carbocycles. The summed E-state index contributed by atoms with van der Waals surface area (Å²) in [6.45, 7) is 17.4. The van der Waals surface area contributed by atoms with Crippen molar-refractivity contribution >= 4 is 7.37 Å². The Hall–Kier alpha value is 0.190. The van der Waals surface area contributed by atoms with Crippen LogP contribution in [0.25, 0.3) is 0 Å². The monoisotopic (exact) mass is 318 g/mol. The van der Waals surface area contributed by atoms with Crippen LogP contribution in [0.3, 0.4) is 0 Å². The van der Waals surface area contributed by atoms with E-state index in [1.54, 1.807) is 0 Å². The molecule has 0 radical (unpaired) electrons. The van der Waals surface area contributed by atoms with Crippen molar-refractivity contribution < 1.29 is 9.46 Å². The fraction of sp³-hybridized carbons (Fsp3) is 1.00. The summed E-state index contributed by atoms with van der Waals surface area (Å²) in [5.74, 6) is 0.240. The van der Waals surface area contributed by atoms with E-state index < -0.39 is 7.37 Å². The second kappa shape index (κ2) is 8.16. The van der Waals surface area contributed by atoms with Gasteiger partial charge in [0.05, 0.1) is 0 Å². The average molecular weight is 318 g/mol. The van der Waals surface area contributed by atoms with Gasteiger partial charge in [0.25, 0.3) is 0 Å². The van der Waals surface area contributed by atoms with Crippen LogP contribution in [-0.2, 0) is 4.57 Å². The standard InChI is InChI=1S/C18H39O2P/c1-9-10-11-12-13-21(19,20)16(15(2)3)18(7,8)14-17(4,5)6/h15-16H,9-14H2,1-8H3,(H,19,20). The van der Waals surface area contributed by atoms with Crippen molar-refractivity contribution in [3.63, 3.8) is 0 Å². The molecule has 0 aromatic carbocycles. The zero-order valence-electron chi connectivity index (χ0n) is 15.7. The van der Waals surface area contributed by atoms with Gasteiger partial charge in [0, 0.05) is 11.8 Å². The second-order valence-electron chi connectivity index (χ2n) is 8.95. The van der Waals surface area contributed by atoms with E-state index in [9.17, 15) is 9.46 Å². The summed E-state index contributed by atoms with van der Waals surface area (Å²) < 4.78 is 13.0. The van der Waals surface area contributed by atoms with Crippen LogP contribution in [-0.4, -0.2) is 16.7 Å². The Morgan fingerprint density at radius 2 is 1.52 bits per heavy atom. The molecule has 2 atom stereocenters. The summed E-state index contributed by atoms with van der Waals surface area (Å²) >= 11 is 0. The largest absolute Gasteiger partial charge is 0.344 e. The molecular weight excluding hydrogens is 279 g/mol. The zero-order chi connectivity index (χ0) is 16.9. The van der Waals surface area contributed by atoms with Crippen molar-refractivity contribution in [3.05, 3.63) is 0 Å². The highest BCUT2D eigenvalue weighted by Gasteiger charge is 2.45. The van der Waals surface area contributed by atoms with Gasteiger partial charge in [-0.15, -0.1) is 0 Å². The average Bonchev–Trinajstić information content (AvgIpc) is 2.18. The molecule has 0 amide bonds. The fourth-order valence-electron chi connectivity index (χ4n) is 4.29. The minimum absolute atomic E-state index is 0.106. The first kappa shape index (κ1) is 21.2. The summed E-state index contributed by atoms with van der Waals surface area (Å²) in [6.07, 6.45) is 5.75. The molecule has 3 heteroatoms. The van der Waals surface area contributed by atoms with E-state index >= 15 is 0 Å². The molecule has 0 rings (SSSR count). The molecule has 2 nitrogen and oxygen atoms in total. The summed E-state index contributed by atoms with van der Waals surface area (Å²) in [4.78, 5) is 10.7. The molecule has 0 spiro atoms. The topological polar surface area (TPSA) is 37.3 Å². The summed E-state index contributed by atoms with van der Waals surface area (Å²) in [5, 5.41) is 0. The molecule has 21 heavy (non-hydrogen) atoms. The van der Waals surface area contributed by atoms with Gasteiger partial charge in [-0.05, 0) is 29.6 Å². The normalized spacial score (nSPS) is 17.8. The minimum Gasteiger partial charge on any atom is -0.344 e. The highest BCUT2D eigenvalue weighted by atomic mass is 31.2. The molecule has 0 aliphatic heterocycles. The van der Waals surface area contributed by atoms with Crippen molar-refractivity contribution in [1.82, 2.24) is 0 Å². The third-order valence-corrected chi connectivity index (χ3v) is 7.31. The van der Waals surface area contributed by atoms with Crippen LogP contribution < -0.4 is 0 Å². The molecule has 0 aromatic rings. The minimum atomic E-state index is -3.11. The van der Waals surface area contributed by atoms with Gasteiger partial charge >= 0.3 is 0 Å². The molecule has 2 unspecified atom stereocenters. The molecular formula is C18H39O2P. The molecule has 128 valence electrons. The van der Waals surface area contributed by atoms with Crippen molar-refractivity contribution in [1.29, 1.82) is 0 Å². The van der Waals surface area contributed by atoms with Gasteiger partial charge in [-0.1, -0.05) is 74.7 Å². The third-order valence-electron chi connectivity index (χ3n) is 4.18. The highest BCUT2D eigenvalue weighted by Crippen LogP contribution is 2.59. The highest BCUT2D eigenvalue weighted by molar-refractivity contribution is 7.58. The smallest absolute Gasteiger partial charge is 0.204 e. The van der Waals surface area contributed by atoms with Crippen molar-refractivity contribution in [2.45, 2.75) is 93.2 Å². The maximum absolute atomic E-state index is 13.0. The van der Waals surface area contributed by atoms with Crippen molar-refractivity contribution in [3.8, 4) is 0 Å². The number of rotatable bonds is 9. The molecule has 0 aliphatic carbocycles. The molecule has 0 saturated heterocycles. The van der Waals surface area contributed by atoms with E-state index in [2.05, 4.69) is 55.4 Å². The van der Waals surface area contributed by atoms with Gasteiger partial charge in [-0.2, -0.15) is 0 Å². The Morgan fingerprint density at radius 3 is 1.90 bits per heavy atom. The van der Waals surface area contributed by atoms with Crippen LogP contribution in [0.2, 0.25) is 0 Å². The Balaban J connectivity index is 5.06. The first-order valence-electron chi connectivity index (χ1n) is 8.65. The predicted molar refractivity (Wildman–Crippen MR) is 95.3 cm³/mol. The first-order chi connectivity index (χ1) is 9.33. The lowest BCUT2D eigenvalue weighted by molar-refractivity contribution is 0.175. The molecule has 0 heterocycles. The van der Waals surface area contributed by atoms with Crippen LogP contribution in [0.4, 0.5) is 0 Å². The first-order valence-corrected chi connectivity index (χ1v) is 10.6. The van der Waals surface area contributed by atoms with Crippen LogP contribution in [0.15, 0.2) is 0 Å². The lowest BCUT2D eigenvalue weighted by Gasteiger charge is -2.43. The van der Waals surface area contributed by atoms with Gasteiger partial charge in [0.2, 0.25) is 7.37 Å². The number of hydrogen-bond donors (Lipinski definition) is 1. The Morgan fingerprint density at radius 1 is 1.00 bits per heavy atom. The van der Waals surface area contributed by atoms with E-state index in [0.717, 1.165) is 25.7 Å². The molecule has 0 aromatic heterocycles. The van der Waals surface area contributed by atoms with Crippen molar-refractivity contribution in [2.24, 2.45) is 16.7 Å². The Bertz CT molecular complexity index is 340. The van der Waals surface area contributed by atoms with E-state index in [1.807, 2.05) is 0 Å². The summed E-state index contributed by atoms with van der Waals surface area (Å²) in [5.41, 5.74) is -0.0359. The third kappa shape index (κ3) is 7.84. The lowest BCUT2D eigenvalue weighted by atomic mass is 9.72. The number of hydrogen-bond acceptors (Lipinski definition) is 1. The van der Waals surface area contributed by atoms with Crippen LogP contribution >= 0.6 is 7.37 Å². The van der Waals surface area contributed by atoms with Gasteiger partial charge in [-0.25, -0.2) is 0 Å². The molecule has 0 aliphatic rings. The SMILES string of the molecule is CCCCCCP(=O)(O)C(C(C)C)C(C)(C)CC(C)(C)C. The van der Waals surface area contributed by atoms with Crippen LogP contribution in [0.1, 0.15) is 87.5 Å². The van der Waals surface area contributed by atoms with Gasteiger partial charge in [-0.3, -0.25) is 4.57 Å². The molecule has 1 N–H and O–H groups in total. The van der Waals surface area contributed by atoms with Gasteiger partial charge < -0.3 is 4.89 Å². The summed E-state index contributed by atoms with van der Waals surface area (Å²) in [6, 6.07) is 0. The number of unbranched alkanes of at least 4 members (excludes halogenated alkanes) is 3. The van der Waals surface area contributed by atoms with Crippen LogP contribution in [0.5, 0.6) is 0 Å². The van der Waals surface area contributed by atoms with E-state index in [-0.39, 0.29) is 22.4 Å². The Kier molecular flexibility index (Phi) is 8.23. The predicted octanol–water partition coefficient (Wildman–Crippen LogP) is 6.32. The molecule has 0 fully saturated rings. The zero-order valence-corrected chi connectivity index (χ0v) is 16.6. The quantitative estimate of drug-likeness (QED) is 0.399. The maximum Gasteiger partial charge on any atom is 0.204 e. The summed E-state index contributed by atoms with van der Waals surface area (Å²) in [7, 11) is -3.11.